The minimum Gasteiger partial charge on any atom is -0.496 e. The van der Waals surface area contributed by atoms with Gasteiger partial charge in [0.25, 0.3) is 0 Å². The molecule has 0 saturated carbocycles. The number of ether oxygens (including phenoxy) is 1. The van der Waals surface area contributed by atoms with Crippen LogP contribution in [0.2, 0.25) is 0 Å². The average Bonchev–Trinajstić information content (AvgIpc) is 2.73. The fourth-order valence-corrected chi connectivity index (χ4v) is 3.15. The van der Waals surface area contributed by atoms with Gasteiger partial charge in [0, 0.05) is 18.9 Å². The Morgan fingerprint density at radius 2 is 1.70 bits per heavy atom. The fraction of sp³-hybridized carbons (Fsp3) is 0.217. The maximum absolute atomic E-state index is 12.9. The smallest absolute Gasteiger partial charge is 0.227 e. The van der Waals surface area contributed by atoms with E-state index in [0.29, 0.717) is 13.0 Å². The van der Waals surface area contributed by atoms with Gasteiger partial charge in [0.05, 0.1) is 13.0 Å². The lowest BCUT2D eigenvalue weighted by Crippen LogP contribution is -2.32. The Balaban J connectivity index is 1.67. The van der Waals surface area contributed by atoms with E-state index in [-0.39, 0.29) is 11.8 Å². The van der Waals surface area contributed by atoms with Crippen LogP contribution in [0.15, 0.2) is 79.1 Å². The maximum atomic E-state index is 12.9. The van der Waals surface area contributed by atoms with Crippen LogP contribution in [0.5, 0.6) is 5.75 Å². The molecule has 1 heterocycles. The van der Waals surface area contributed by atoms with Gasteiger partial charge in [-0.3, -0.25) is 9.78 Å². The number of rotatable bonds is 8. The highest BCUT2D eigenvalue weighted by Crippen LogP contribution is 2.21. The number of amides is 1. The molecule has 0 fully saturated rings. The number of nitrogens with one attached hydrogen (secondary N) is 1. The Labute approximate surface area is 160 Å². The number of para-hydroxylation sites is 1. The first kappa shape index (κ1) is 18.6. The first-order valence-electron chi connectivity index (χ1n) is 9.11. The van der Waals surface area contributed by atoms with Crippen molar-refractivity contribution in [3.05, 3.63) is 95.8 Å². The summed E-state index contributed by atoms with van der Waals surface area (Å²) in [5.74, 6) is 0.655. The Morgan fingerprint density at radius 3 is 2.44 bits per heavy atom. The standard InChI is InChI=1S/C23H24N2O2/c1-27-22-10-6-5-9-20(22)13-16-25-23(26)21(19-7-3-2-4-8-19)17-18-11-14-24-15-12-18/h2-12,14-15,21H,13,16-17H2,1H3,(H,25,26). The van der Waals surface area contributed by atoms with Gasteiger partial charge in [0.15, 0.2) is 0 Å². The van der Waals surface area contributed by atoms with Crippen LogP contribution in [0.3, 0.4) is 0 Å². The van der Waals surface area contributed by atoms with Crippen LogP contribution in [0.25, 0.3) is 0 Å². The minimum absolute atomic E-state index is 0.0351. The van der Waals surface area contributed by atoms with E-state index in [1.165, 1.54) is 0 Å². The highest BCUT2D eigenvalue weighted by atomic mass is 16.5. The van der Waals surface area contributed by atoms with Crippen LogP contribution >= 0.6 is 0 Å². The lowest BCUT2D eigenvalue weighted by atomic mass is 9.91. The first-order valence-corrected chi connectivity index (χ1v) is 9.11. The molecule has 3 rings (SSSR count). The molecule has 1 N–H and O–H groups in total. The summed E-state index contributed by atoms with van der Waals surface area (Å²) >= 11 is 0. The van der Waals surface area contributed by atoms with E-state index < -0.39 is 0 Å². The van der Waals surface area contributed by atoms with Gasteiger partial charge in [-0.2, -0.15) is 0 Å². The van der Waals surface area contributed by atoms with Crippen LogP contribution in [0, 0.1) is 0 Å². The third-order valence-electron chi connectivity index (χ3n) is 4.59. The molecule has 0 bridgehead atoms. The van der Waals surface area contributed by atoms with E-state index in [1.54, 1.807) is 19.5 Å². The van der Waals surface area contributed by atoms with Gasteiger partial charge in [-0.25, -0.2) is 0 Å². The molecule has 4 nitrogen and oxygen atoms in total. The predicted octanol–water partition coefficient (Wildman–Crippen LogP) is 3.78. The van der Waals surface area contributed by atoms with Gasteiger partial charge in [0.1, 0.15) is 5.75 Å². The molecule has 2 aromatic carbocycles. The minimum atomic E-state index is -0.230. The molecule has 1 amide bonds. The molecule has 1 unspecified atom stereocenters. The summed E-state index contributed by atoms with van der Waals surface area (Å²) in [5.41, 5.74) is 3.20. The summed E-state index contributed by atoms with van der Waals surface area (Å²) in [7, 11) is 1.66. The summed E-state index contributed by atoms with van der Waals surface area (Å²) in [6.07, 6.45) is 4.90. The van der Waals surface area contributed by atoms with E-state index >= 15 is 0 Å². The highest BCUT2D eigenvalue weighted by Gasteiger charge is 2.20. The van der Waals surface area contributed by atoms with E-state index in [0.717, 1.165) is 28.9 Å². The normalized spacial score (nSPS) is 11.6. The zero-order chi connectivity index (χ0) is 18.9. The number of carbonyl (C=O) groups excluding carboxylic acids is 1. The Morgan fingerprint density at radius 1 is 1.00 bits per heavy atom. The number of pyridine rings is 1. The maximum Gasteiger partial charge on any atom is 0.227 e. The topological polar surface area (TPSA) is 51.2 Å². The van der Waals surface area contributed by atoms with Crippen LogP contribution in [-0.2, 0) is 17.6 Å². The van der Waals surface area contributed by atoms with Crippen molar-refractivity contribution in [2.75, 3.05) is 13.7 Å². The molecule has 27 heavy (non-hydrogen) atoms. The molecule has 0 aliphatic carbocycles. The van der Waals surface area contributed by atoms with Gasteiger partial charge < -0.3 is 10.1 Å². The molecule has 0 aliphatic heterocycles. The number of methoxy groups -OCH3 is 1. The molecule has 1 aromatic heterocycles. The van der Waals surface area contributed by atoms with Crippen molar-refractivity contribution in [1.29, 1.82) is 0 Å². The predicted molar refractivity (Wildman–Crippen MR) is 107 cm³/mol. The van der Waals surface area contributed by atoms with Gasteiger partial charge >= 0.3 is 0 Å². The fourth-order valence-electron chi connectivity index (χ4n) is 3.15. The largest absolute Gasteiger partial charge is 0.496 e. The number of carbonyl (C=O) groups is 1. The number of aromatic nitrogens is 1. The van der Waals surface area contributed by atoms with Gasteiger partial charge in [-0.1, -0.05) is 48.5 Å². The van der Waals surface area contributed by atoms with E-state index in [2.05, 4.69) is 10.3 Å². The van der Waals surface area contributed by atoms with Gasteiger partial charge in [-0.15, -0.1) is 0 Å². The molecular weight excluding hydrogens is 336 g/mol. The van der Waals surface area contributed by atoms with Crippen LogP contribution in [0.1, 0.15) is 22.6 Å². The third kappa shape index (κ3) is 5.17. The van der Waals surface area contributed by atoms with Gasteiger partial charge in [0.2, 0.25) is 5.91 Å². The SMILES string of the molecule is COc1ccccc1CCNC(=O)C(Cc1ccncc1)c1ccccc1. The quantitative estimate of drug-likeness (QED) is 0.665. The average molecular weight is 360 g/mol. The summed E-state index contributed by atoms with van der Waals surface area (Å²) in [6, 6.07) is 21.7. The van der Waals surface area contributed by atoms with Crippen LogP contribution < -0.4 is 10.1 Å². The van der Waals surface area contributed by atoms with Crippen LogP contribution in [0.4, 0.5) is 0 Å². The van der Waals surface area contributed by atoms with E-state index in [9.17, 15) is 4.79 Å². The van der Waals surface area contributed by atoms with Crippen LogP contribution in [-0.4, -0.2) is 24.5 Å². The van der Waals surface area contributed by atoms with Crippen molar-refractivity contribution < 1.29 is 9.53 Å². The second-order valence-electron chi connectivity index (χ2n) is 6.38. The summed E-state index contributed by atoms with van der Waals surface area (Å²) in [6.45, 7) is 0.568. The molecule has 4 heteroatoms. The van der Waals surface area contributed by atoms with Crippen molar-refractivity contribution in [3.63, 3.8) is 0 Å². The molecular formula is C23H24N2O2. The zero-order valence-electron chi connectivity index (χ0n) is 15.5. The molecule has 138 valence electrons. The Bertz CT molecular complexity index is 851. The molecule has 0 saturated heterocycles. The van der Waals surface area contributed by atoms with Crippen molar-refractivity contribution >= 4 is 5.91 Å². The van der Waals surface area contributed by atoms with E-state index in [4.69, 9.17) is 4.74 Å². The molecule has 1 atom stereocenters. The summed E-state index contributed by atoms with van der Waals surface area (Å²) in [5, 5.41) is 3.09. The Hall–Kier alpha value is -3.14. The second kappa shape index (κ2) is 9.53. The van der Waals surface area contributed by atoms with Crippen molar-refractivity contribution in [1.82, 2.24) is 10.3 Å². The number of hydrogen-bond donors (Lipinski definition) is 1. The molecule has 3 aromatic rings. The van der Waals surface area contributed by atoms with Gasteiger partial charge in [-0.05, 0) is 47.7 Å². The van der Waals surface area contributed by atoms with Crippen molar-refractivity contribution in [2.24, 2.45) is 0 Å². The molecule has 0 spiro atoms. The number of nitrogens with zero attached hydrogens (tertiary/aromatic N) is 1. The monoisotopic (exact) mass is 360 g/mol. The highest BCUT2D eigenvalue weighted by molar-refractivity contribution is 5.84. The number of hydrogen-bond acceptors (Lipinski definition) is 3. The lowest BCUT2D eigenvalue weighted by Gasteiger charge is -2.18. The zero-order valence-corrected chi connectivity index (χ0v) is 15.5. The lowest BCUT2D eigenvalue weighted by molar-refractivity contribution is -0.122. The summed E-state index contributed by atoms with van der Waals surface area (Å²) in [4.78, 5) is 17.0. The van der Waals surface area contributed by atoms with E-state index in [1.807, 2.05) is 66.7 Å². The second-order valence-corrected chi connectivity index (χ2v) is 6.38. The van der Waals surface area contributed by atoms with Crippen molar-refractivity contribution in [3.8, 4) is 5.75 Å². The molecule has 0 aliphatic rings. The molecule has 0 radical (unpaired) electrons. The van der Waals surface area contributed by atoms with Crippen molar-refractivity contribution in [2.45, 2.75) is 18.8 Å². The first-order chi connectivity index (χ1) is 13.3. The Kier molecular flexibility index (Phi) is 6.58. The third-order valence-corrected chi connectivity index (χ3v) is 4.59. The summed E-state index contributed by atoms with van der Waals surface area (Å²) < 4.78 is 5.38. The number of benzene rings is 2.